The quantitative estimate of drug-likeness (QED) is 0.677. The highest BCUT2D eigenvalue weighted by molar-refractivity contribution is 5.94. The number of carbonyl (C=O) groups excluding carboxylic acids is 1. The minimum Gasteiger partial charge on any atom is -0.399 e. The second-order valence-electron chi connectivity index (χ2n) is 4.45. The number of ether oxygens (including phenoxy) is 1. The molecule has 0 aromatic heterocycles. The van der Waals surface area contributed by atoms with E-state index in [9.17, 15) is 14.3 Å². The number of amides is 1. The lowest BCUT2D eigenvalue weighted by atomic mass is 10.0. The maximum absolute atomic E-state index is 13.5. The zero-order chi connectivity index (χ0) is 13.2. The minimum absolute atomic E-state index is 0.0374. The van der Waals surface area contributed by atoms with E-state index in [1.807, 2.05) is 0 Å². The molecule has 1 aliphatic heterocycles. The third-order valence-electron chi connectivity index (χ3n) is 2.90. The molecule has 98 valence electrons. The van der Waals surface area contributed by atoms with Gasteiger partial charge in [0, 0.05) is 25.3 Å². The topological polar surface area (TPSA) is 84.6 Å². The second kappa shape index (κ2) is 4.91. The van der Waals surface area contributed by atoms with Crippen LogP contribution >= 0.6 is 0 Å². The lowest BCUT2D eigenvalue weighted by molar-refractivity contribution is 0.0264. The van der Waals surface area contributed by atoms with Gasteiger partial charge in [0.15, 0.2) is 0 Å². The van der Waals surface area contributed by atoms with Crippen LogP contribution in [0.15, 0.2) is 18.2 Å². The van der Waals surface area contributed by atoms with Crippen LogP contribution in [0.3, 0.4) is 0 Å². The van der Waals surface area contributed by atoms with E-state index in [0.29, 0.717) is 13.0 Å². The molecule has 2 rings (SSSR count). The molecule has 1 atom stereocenters. The molecule has 1 fully saturated rings. The van der Waals surface area contributed by atoms with Crippen molar-refractivity contribution in [1.82, 2.24) is 5.32 Å². The standard InChI is InChI=1S/C12H15FN2O3/c13-10-5-8(14)1-2-9(10)11(16)15-6-12(17)3-4-18-7-12/h1-2,5,17H,3-4,6-7,14H2,(H,15,16). The first kappa shape index (κ1) is 12.8. The monoisotopic (exact) mass is 254 g/mol. The number of nitrogens with one attached hydrogen (secondary N) is 1. The van der Waals surface area contributed by atoms with Gasteiger partial charge in [-0.1, -0.05) is 0 Å². The fourth-order valence-corrected chi connectivity index (χ4v) is 1.79. The molecular formula is C12H15FN2O3. The molecule has 1 amide bonds. The van der Waals surface area contributed by atoms with Gasteiger partial charge in [0.05, 0.1) is 12.2 Å². The van der Waals surface area contributed by atoms with Crippen LogP contribution in [0.4, 0.5) is 10.1 Å². The van der Waals surface area contributed by atoms with Crippen LogP contribution in [0.25, 0.3) is 0 Å². The number of nitrogen functional groups attached to an aromatic ring is 1. The van der Waals surface area contributed by atoms with Gasteiger partial charge >= 0.3 is 0 Å². The molecule has 1 unspecified atom stereocenters. The Hall–Kier alpha value is -1.66. The number of nitrogens with two attached hydrogens (primary N) is 1. The predicted octanol–water partition coefficient (Wildman–Crippen LogP) is 0.289. The Morgan fingerprint density at radius 1 is 1.61 bits per heavy atom. The van der Waals surface area contributed by atoms with Crippen molar-refractivity contribution < 1.29 is 19.0 Å². The van der Waals surface area contributed by atoms with E-state index < -0.39 is 17.3 Å². The molecule has 1 aliphatic rings. The first-order chi connectivity index (χ1) is 8.50. The Morgan fingerprint density at radius 2 is 2.39 bits per heavy atom. The van der Waals surface area contributed by atoms with Gasteiger partial charge in [-0.3, -0.25) is 4.79 Å². The van der Waals surface area contributed by atoms with Gasteiger partial charge in [-0.2, -0.15) is 0 Å². The van der Waals surface area contributed by atoms with Gasteiger partial charge in [-0.05, 0) is 18.2 Å². The molecule has 1 aromatic carbocycles. The number of benzene rings is 1. The van der Waals surface area contributed by atoms with Crippen molar-refractivity contribution in [3.8, 4) is 0 Å². The summed E-state index contributed by atoms with van der Waals surface area (Å²) < 4.78 is 18.5. The van der Waals surface area contributed by atoms with E-state index in [-0.39, 0.29) is 24.4 Å². The van der Waals surface area contributed by atoms with Gasteiger partial charge in [0.1, 0.15) is 11.4 Å². The van der Waals surface area contributed by atoms with Crippen molar-refractivity contribution in [3.63, 3.8) is 0 Å². The van der Waals surface area contributed by atoms with E-state index in [1.54, 1.807) is 0 Å². The summed E-state index contributed by atoms with van der Waals surface area (Å²) in [5, 5.41) is 12.4. The number of hydrogen-bond acceptors (Lipinski definition) is 4. The summed E-state index contributed by atoms with van der Waals surface area (Å²) in [5.41, 5.74) is 4.50. The largest absolute Gasteiger partial charge is 0.399 e. The molecular weight excluding hydrogens is 239 g/mol. The Labute approximate surface area is 104 Å². The minimum atomic E-state index is -1.06. The van der Waals surface area contributed by atoms with Crippen molar-refractivity contribution in [2.75, 3.05) is 25.5 Å². The van der Waals surface area contributed by atoms with Crippen molar-refractivity contribution in [2.24, 2.45) is 0 Å². The van der Waals surface area contributed by atoms with Crippen LogP contribution in [0, 0.1) is 5.82 Å². The molecule has 1 heterocycles. The molecule has 5 nitrogen and oxygen atoms in total. The summed E-state index contributed by atoms with van der Waals surface area (Å²) in [6.45, 7) is 0.676. The lowest BCUT2D eigenvalue weighted by Gasteiger charge is -2.20. The first-order valence-electron chi connectivity index (χ1n) is 5.63. The molecule has 18 heavy (non-hydrogen) atoms. The van der Waals surface area contributed by atoms with Crippen LogP contribution < -0.4 is 11.1 Å². The van der Waals surface area contributed by atoms with E-state index in [2.05, 4.69) is 5.32 Å². The van der Waals surface area contributed by atoms with Crippen LogP contribution in [-0.2, 0) is 4.74 Å². The van der Waals surface area contributed by atoms with E-state index in [4.69, 9.17) is 10.5 Å². The van der Waals surface area contributed by atoms with Gasteiger partial charge in [0.2, 0.25) is 0 Å². The number of hydrogen-bond donors (Lipinski definition) is 3. The second-order valence-corrected chi connectivity index (χ2v) is 4.45. The fourth-order valence-electron chi connectivity index (χ4n) is 1.79. The summed E-state index contributed by atoms with van der Waals surface area (Å²) >= 11 is 0. The van der Waals surface area contributed by atoms with E-state index in [1.165, 1.54) is 12.1 Å². The molecule has 0 spiro atoms. The molecule has 6 heteroatoms. The van der Waals surface area contributed by atoms with Crippen LogP contribution in [0.1, 0.15) is 16.8 Å². The van der Waals surface area contributed by atoms with Gasteiger partial charge in [0.25, 0.3) is 5.91 Å². The fraction of sp³-hybridized carbons (Fsp3) is 0.417. The smallest absolute Gasteiger partial charge is 0.254 e. The van der Waals surface area contributed by atoms with Crippen molar-refractivity contribution in [3.05, 3.63) is 29.6 Å². The molecule has 0 saturated carbocycles. The van der Waals surface area contributed by atoms with Gasteiger partial charge in [-0.25, -0.2) is 4.39 Å². The van der Waals surface area contributed by atoms with Crippen LogP contribution in [0.5, 0.6) is 0 Å². The molecule has 0 radical (unpaired) electrons. The summed E-state index contributed by atoms with van der Waals surface area (Å²) in [6, 6.07) is 3.85. The third kappa shape index (κ3) is 2.77. The Bertz CT molecular complexity index is 459. The average molecular weight is 254 g/mol. The number of aliphatic hydroxyl groups is 1. The van der Waals surface area contributed by atoms with E-state index in [0.717, 1.165) is 6.07 Å². The SMILES string of the molecule is Nc1ccc(C(=O)NCC2(O)CCOC2)c(F)c1. The van der Waals surface area contributed by atoms with Crippen molar-refractivity contribution in [2.45, 2.75) is 12.0 Å². The average Bonchev–Trinajstić information content (AvgIpc) is 2.74. The van der Waals surface area contributed by atoms with Crippen molar-refractivity contribution in [1.29, 1.82) is 0 Å². The number of carbonyl (C=O) groups is 1. The zero-order valence-corrected chi connectivity index (χ0v) is 9.78. The van der Waals surface area contributed by atoms with Crippen LogP contribution in [-0.4, -0.2) is 36.4 Å². The van der Waals surface area contributed by atoms with E-state index >= 15 is 0 Å². The predicted molar refractivity (Wildman–Crippen MR) is 63.5 cm³/mol. The summed E-state index contributed by atoms with van der Waals surface area (Å²) in [7, 11) is 0. The summed E-state index contributed by atoms with van der Waals surface area (Å²) in [4.78, 5) is 11.7. The third-order valence-corrected chi connectivity index (χ3v) is 2.90. The summed E-state index contributed by atoms with van der Waals surface area (Å²) in [5.74, 6) is -1.25. The molecule has 0 aliphatic carbocycles. The van der Waals surface area contributed by atoms with Gasteiger partial charge < -0.3 is 20.9 Å². The Kier molecular flexibility index (Phi) is 3.49. The maximum Gasteiger partial charge on any atom is 0.254 e. The zero-order valence-electron chi connectivity index (χ0n) is 9.78. The Balaban J connectivity index is 1.99. The molecule has 1 saturated heterocycles. The first-order valence-corrected chi connectivity index (χ1v) is 5.63. The Morgan fingerprint density at radius 3 is 3.00 bits per heavy atom. The van der Waals surface area contributed by atoms with Crippen LogP contribution in [0.2, 0.25) is 0 Å². The number of rotatable bonds is 3. The van der Waals surface area contributed by atoms with Crippen molar-refractivity contribution >= 4 is 11.6 Å². The number of anilines is 1. The number of halogens is 1. The molecule has 1 aromatic rings. The highest BCUT2D eigenvalue weighted by Gasteiger charge is 2.32. The maximum atomic E-state index is 13.5. The highest BCUT2D eigenvalue weighted by atomic mass is 19.1. The highest BCUT2D eigenvalue weighted by Crippen LogP contribution is 2.17. The lowest BCUT2D eigenvalue weighted by Crippen LogP contribution is -2.43. The van der Waals surface area contributed by atoms with Gasteiger partial charge in [-0.15, -0.1) is 0 Å². The summed E-state index contributed by atoms with van der Waals surface area (Å²) in [6.07, 6.45) is 0.456. The molecule has 4 N–H and O–H groups in total. The normalized spacial score (nSPS) is 23.0. The molecule has 0 bridgehead atoms.